The Bertz CT molecular complexity index is 792. The molecule has 0 unspecified atom stereocenters. The fourth-order valence-corrected chi connectivity index (χ4v) is 7.77. The number of unbranched alkanes of at least 4 members (excludes halogenated alkanes) is 33. The number of hydrogen-bond donors (Lipinski definition) is 0. The van der Waals surface area contributed by atoms with E-state index in [1.54, 1.807) is 0 Å². The third kappa shape index (κ3) is 87.9. The molecule has 64 heavy (non-hydrogen) atoms. The average molecular weight is 941 g/mol. The van der Waals surface area contributed by atoms with E-state index in [-0.39, 0.29) is 19.3 Å². The maximum atomic E-state index is 10.2. The molecular weight excluding hydrogens is 828 g/mol. The van der Waals surface area contributed by atoms with Gasteiger partial charge in [-0.15, -0.1) is 0 Å². The fraction of sp³-hybridized carbons (Fsp3) is 0.947. The molecular formula is C57H112O6Ti. The van der Waals surface area contributed by atoms with Gasteiger partial charge >= 0.3 is 38.5 Å². The second kappa shape index (κ2) is 60.1. The van der Waals surface area contributed by atoms with Crippen LogP contribution in [0.15, 0.2) is 0 Å². The van der Waals surface area contributed by atoms with Crippen molar-refractivity contribution in [3.8, 4) is 0 Å². The fourth-order valence-electron chi connectivity index (χ4n) is 7.77. The van der Waals surface area contributed by atoms with Crippen LogP contribution in [0.2, 0.25) is 4.22 Å². The summed E-state index contributed by atoms with van der Waals surface area (Å²) in [4.78, 5) is 30.7. The van der Waals surface area contributed by atoms with Gasteiger partial charge in [0.1, 0.15) is 0 Å². The van der Waals surface area contributed by atoms with Gasteiger partial charge in [0.25, 0.3) is 0 Å². The van der Waals surface area contributed by atoms with E-state index in [9.17, 15) is 29.7 Å². The molecule has 0 spiro atoms. The minimum atomic E-state index is -0.904. The number of rotatable bonds is 45. The first-order chi connectivity index (χ1) is 30.6. The third-order valence-electron chi connectivity index (χ3n) is 11.7. The van der Waals surface area contributed by atoms with E-state index in [2.05, 4.69) is 75.8 Å². The van der Waals surface area contributed by atoms with Crippen LogP contribution in [0.3, 0.4) is 0 Å². The van der Waals surface area contributed by atoms with Crippen LogP contribution in [0, 0.1) is 17.8 Å². The predicted molar refractivity (Wildman–Crippen MR) is 269 cm³/mol. The monoisotopic (exact) mass is 941 g/mol. The van der Waals surface area contributed by atoms with E-state index in [0.29, 0.717) is 0 Å². The zero-order valence-electron chi connectivity index (χ0n) is 44.5. The topological polar surface area (TPSA) is 120 Å². The molecule has 0 atom stereocenters. The molecule has 6 nitrogen and oxygen atoms in total. The molecule has 0 fully saturated rings. The summed E-state index contributed by atoms with van der Waals surface area (Å²) in [6.07, 6.45) is 51.0. The van der Waals surface area contributed by atoms with Crippen molar-refractivity contribution in [3.05, 3.63) is 0 Å². The molecule has 0 radical (unpaired) electrons. The van der Waals surface area contributed by atoms with Crippen molar-refractivity contribution in [1.29, 1.82) is 0 Å². The first kappa shape index (κ1) is 69.7. The van der Waals surface area contributed by atoms with Gasteiger partial charge < -0.3 is 29.7 Å². The molecule has 0 saturated heterocycles. The summed E-state index contributed by atoms with van der Waals surface area (Å²) in [5.74, 6) is -0.125. The third-order valence-corrected chi connectivity index (χ3v) is 11.7. The summed E-state index contributed by atoms with van der Waals surface area (Å²) >= 11 is 2.17. The molecule has 0 amide bonds. The summed E-state index contributed by atoms with van der Waals surface area (Å²) in [6.45, 7) is 18.2. The Kier molecular flexibility index (Phi) is 65.5. The molecule has 0 aliphatic carbocycles. The zero-order chi connectivity index (χ0) is 48.7. The second-order valence-corrected chi connectivity index (χ2v) is 22.6. The van der Waals surface area contributed by atoms with Crippen molar-refractivity contribution in [2.75, 3.05) is 0 Å². The number of carboxylic acids is 3. The SMILES string of the molecule is CC(C)CCCCCCCCCCCCCCC(=O)[O-].CC(C)CCCCCCCCCCCCCCC(=O)[O-].CC(C)CCCCCCCCCCCCCCC(=O)[O-].C[CH](C)[Ti+3]. The molecule has 0 aliphatic heterocycles. The number of carboxylic acid groups (broad SMARTS) is 3. The summed E-state index contributed by atoms with van der Waals surface area (Å²) < 4.78 is 0.833. The van der Waals surface area contributed by atoms with Gasteiger partial charge in [0.15, 0.2) is 0 Å². The maximum absolute atomic E-state index is 10.2. The Morgan fingerprint density at radius 3 is 0.484 bits per heavy atom. The quantitative estimate of drug-likeness (QED) is 0.0443. The molecule has 0 rings (SSSR count). The van der Waals surface area contributed by atoms with E-state index >= 15 is 0 Å². The Labute approximate surface area is 413 Å². The van der Waals surface area contributed by atoms with Crippen molar-refractivity contribution < 1.29 is 50.1 Å². The summed E-state index contributed by atoms with van der Waals surface area (Å²) in [7, 11) is 0. The molecule has 0 aromatic carbocycles. The van der Waals surface area contributed by atoms with E-state index < -0.39 is 17.9 Å². The molecule has 0 aromatic rings. The molecule has 0 N–H and O–H groups in total. The van der Waals surface area contributed by atoms with Gasteiger partial charge in [0.05, 0.1) is 0 Å². The summed E-state index contributed by atoms with van der Waals surface area (Å²) in [5.41, 5.74) is 0. The number of hydrogen-bond acceptors (Lipinski definition) is 6. The Hall–Kier alpha value is -0.876. The van der Waals surface area contributed by atoms with E-state index in [1.165, 1.54) is 212 Å². The average Bonchev–Trinajstić information content (AvgIpc) is 3.21. The van der Waals surface area contributed by atoms with Crippen LogP contribution >= 0.6 is 0 Å². The van der Waals surface area contributed by atoms with Crippen LogP contribution < -0.4 is 15.3 Å². The van der Waals surface area contributed by atoms with Crippen molar-refractivity contribution in [3.63, 3.8) is 0 Å². The first-order valence-corrected chi connectivity index (χ1v) is 28.8. The van der Waals surface area contributed by atoms with Crippen LogP contribution in [0.5, 0.6) is 0 Å². The Balaban J connectivity index is -0.000000404. The predicted octanol–water partition coefficient (Wildman–Crippen LogP) is 15.9. The van der Waals surface area contributed by atoms with Crippen molar-refractivity contribution in [2.24, 2.45) is 17.8 Å². The van der Waals surface area contributed by atoms with Crippen molar-refractivity contribution in [2.45, 2.75) is 329 Å². The van der Waals surface area contributed by atoms with Crippen LogP contribution in [-0.2, 0) is 34.8 Å². The van der Waals surface area contributed by atoms with Gasteiger partial charge in [-0.25, -0.2) is 0 Å². The van der Waals surface area contributed by atoms with E-state index in [4.69, 9.17) is 0 Å². The summed E-state index contributed by atoms with van der Waals surface area (Å²) in [5, 5.41) is 30.7. The minimum absolute atomic E-state index is 0.233. The standard InChI is InChI=1S/3C18H36O2.C3H7.Ti/c3*1-17(2)15-13-11-9-7-5-3-4-6-8-10-12-14-16-18(19)20;1-3-2;/h3*17H,3-16H2,1-2H3,(H,19,20);3H,1-2H3;/q;;;;+3/p-3. The normalized spacial score (nSPS) is 11.0. The molecule has 0 heterocycles. The molecule has 0 bridgehead atoms. The molecule has 0 aliphatic rings. The van der Waals surface area contributed by atoms with E-state index in [1.807, 2.05) is 0 Å². The van der Waals surface area contributed by atoms with Crippen LogP contribution in [-0.4, -0.2) is 17.9 Å². The molecule has 380 valence electrons. The Morgan fingerprint density at radius 2 is 0.375 bits per heavy atom. The summed E-state index contributed by atoms with van der Waals surface area (Å²) in [6, 6.07) is 0. The zero-order valence-corrected chi connectivity index (χ0v) is 46.0. The van der Waals surface area contributed by atoms with Crippen LogP contribution in [0.25, 0.3) is 0 Å². The Morgan fingerprint density at radius 1 is 0.266 bits per heavy atom. The van der Waals surface area contributed by atoms with Crippen LogP contribution in [0.4, 0.5) is 0 Å². The number of carbonyl (C=O) groups excluding carboxylic acids is 3. The molecule has 0 aromatic heterocycles. The van der Waals surface area contributed by atoms with Gasteiger partial charge in [-0.1, -0.05) is 273 Å². The second-order valence-electron chi connectivity index (χ2n) is 20.8. The van der Waals surface area contributed by atoms with Crippen molar-refractivity contribution in [1.82, 2.24) is 0 Å². The molecule has 0 saturated carbocycles. The number of aliphatic carboxylic acids is 3. The first-order valence-electron chi connectivity index (χ1n) is 27.9. The van der Waals surface area contributed by atoms with Gasteiger partial charge in [0.2, 0.25) is 0 Å². The van der Waals surface area contributed by atoms with E-state index in [0.717, 1.165) is 60.5 Å². The van der Waals surface area contributed by atoms with Crippen molar-refractivity contribution >= 4 is 17.9 Å². The van der Waals surface area contributed by atoms with Gasteiger partial charge in [-0.3, -0.25) is 0 Å². The van der Waals surface area contributed by atoms with Crippen LogP contribution in [0.1, 0.15) is 325 Å². The molecule has 7 heteroatoms. The van der Waals surface area contributed by atoms with Gasteiger partial charge in [-0.2, -0.15) is 0 Å². The number of carbonyl (C=O) groups is 3. The van der Waals surface area contributed by atoms with Gasteiger partial charge in [-0.05, 0) is 56.3 Å². The van der Waals surface area contributed by atoms with Gasteiger partial charge in [0, 0.05) is 17.9 Å².